The Labute approximate surface area is 105 Å². The van der Waals surface area contributed by atoms with Gasteiger partial charge in [0.15, 0.2) is 0 Å². The second-order valence-electron chi connectivity index (χ2n) is 4.08. The SMILES string of the molecule is Cc1cnc(N2CCN(C)CC2)cc1I. The van der Waals surface area contributed by atoms with E-state index in [1.54, 1.807) is 0 Å². The Balaban J connectivity index is 2.12. The molecule has 1 aliphatic rings. The summed E-state index contributed by atoms with van der Waals surface area (Å²) in [5.74, 6) is 1.12. The van der Waals surface area contributed by atoms with Crippen molar-refractivity contribution in [2.45, 2.75) is 6.92 Å². The van der Waals surface area contributed by atoms with Crippen molar-refractivity contribution in [2.75, 3.05) is 38.1 Å². The van der Waals surface area contributed by atoms with E-state index < -0.39 is 0 Å². The summed E-state index contributed by atoms with van der Waals surface area (Å²) in [7, 11) is 2.17. The van der Waals surface area contributed by atoms with Gasteiger partial charge in [-0.3, -0.25) is 0 Å². The summed E-state index contributed by atoms with van der Waals surface area (Å²) >= 11 is 2.37. The van der Waals surface area contributed by atoms with Gasteiger partial charge in [0.2, 0.25) is 0 Å². The summed E-state index contributed by atoms with van der Waals surface area (Å²) in [5, 5.41) is 0. The van der Waals surface area contributed by atoms with Gasteiger partial charge in [0.1, 0.15) is 5.82 Å². The Bertz CT molecular complexity index is 346. The van der Waals surface area contributed by atoms with Gasteiger partial charge in [-0.15, -0.1) is 0 Å². The van der Waals surface area contributed by atoms with Crippen molar-refractivity contribution in [3.63, 3.8) is 0 Å². The number of anilines is 1. The average Bonchev–Trinajstić information content (AvgIpc) is 2.23. The lowest BCUT2D eigenvalue weighted by Gasteiger charge is -2.33. The van der Waals surface area contributed by atoms with Crippen molar-refractivity contribution in [1.29, 1.82) is 0 Å². The van der Waals surface area contributed by atoms with Crippen LogP contribution in [0, 0.1) is 10.5 Å². The highest BCUT2D eigenvalue weighted by molar-refractivity contribution is 14.1. The molecule has 4 heteroatoms. The first-order chi connectivity index (χ1) is 7.16. The van der Waals surface area contributed by atoms with Crippen LogP contribution in [-0.2, 0) is 0 Å². The summed E-state index contributed by atoms with van der Waals surface area (Å²) in [4.78, 5) is 9.21. The minimum Gasteiger partial charge on any atom is -0.354 e. The number of piperazine rings is 1. The van der Waals surface area contributed by atoms with Crippen molar-refractivity contribution in [3.05, 3.63) is 21.4 Å². The molecule has 0 aromatic carbocycles. The van der Waals surface area contributed by atoms with Crippen molar-refractivity contribution in [1.82, 2.24) is 9.88 Å². The van der Waals surface area contributed by atoms with E-state index in [-0.39, 0.29) is 0 Å². The molecule has 0 aliphatic carbocycles. The number of likely N-dealkylation sites (N-methyl/N-ethyl adjacent to an activating group) is 1. The summed E-state index contributed by atoms with van der Waals surface area (Å²) in [6.07, 6.45) is 1.97. The van der Waals surface area contributed by atoms with Gasteiger partial charge in [0, 0.05) is 35.9 Å². The van der Waals surface area contributed by atoms with Gasteiger partial charge >= 0.3 is 0 Å². The lowest BCUT2D eigenvalue weighted by molar-refractivity contribution is 0.312. The number of hydrogen-bond acceptors (Lipinski definition) is 3. The topological polar surface area (TPSA) is 19.4 Å². The highest BCUT2D eigenvalue weighted by atomic mass is 127. The zero-order valence-corrected chi connectivity index (χ0v) is 11.4. The Hall–Kier alpha value is -0.360. The maximum atomic E-state index is 4.49. The van der Waals surface area contributed by atoms with Crippen LogP contribution >= 0.6 is 22.6 Å². The van der Waals surface area contributed by atoms with Gasteiger partial charge in [-0.05, 0) is 48.2 Å². The average molecular weight is 317 g/mol. The molecule has 3 nitrogen and oxygen atoms in total. The number of halogens is 1. The van der Waals surface area contributed by atoms with Gasteiger partial charge in [-0.1, -0.05) is 0 Å². The first-order valence-corrected chi connectivity index (χ1v) is 6.30. The Morgan fingerprint density at radius 2 is 1.93 bits per heavy atom. The van der Waals surface area contributed by atoms with E-state index in [1.165, 1.54) is 9.13 Å². The highest BCUT2D eigenvalue weighted by Gasteiger charge is 2.15. The van der Waals surface area contributed by atoms with Crippen molar-refractivity contribution >= 4 is 28.4 Å². The molecule has 82 valence electrons. The van der Waals surface area contributed by atoms with E-state index in [0.717, 1.165) is 32.0 Å². The van der Waals surface area contributed by atoms with Crippen LogP contribution in [0.15, 0.2) is 12.3 Å². The molecule has 1 aromatic rings. The lowest BCUT2D eigenvalue weighted by atomic mass is 10.3. The van der Waals surface area contributed by atoms with Crippen LogP contribution in [0.5, 0.6) is 0 Å². The standard InChI is InChI=1S/C11H16IN3/c1-9-8-13-11(7-10(9)12)15-5-3-14(2)4-6-15/h7-8H,3-6H2,1-2H3. The summed E-state index contributed by atoms with van der Waals surface area (Å²) in [6.45, 7) is 6.53. The van der Waals surface area contributed by atoms with Crippen molar-refractivity contribution < 1.29 is 0 Å². The van der Waals surface area contributed by atoms with Gasteiger partial charge < -0.3 is 9.80 Å². The molecule has 1 saturated heterocycles. The van der Waals surface area contributed by atoms with E-state index in [1.807, 2.05) is 6.20 Å². The van der Waals surface area contributed by atoms with E-state index in [2.05, 4.69) is 57.4 Å². The van der Waals surface area contributed by atoms with E-state index in [9.17, 15) is 0 Å². The normalized spacial score (nSPS) is 18.2. The largest absolute Gasteiger partial charge is 0.354 e. The molecule has 0 bridgehead atoms. The van der Waals surface area contributed by atoms with Crippen LogP contribution < -0.4 is 4.90 Å². The first-order valence-electron chi connectivity index (χ1n) is 5.22. The molecule has 1 fully saturated rings. The molecular formula is C11H16IN3. The molecule has 2 heterocycles. The molecule has 1 aromatic heterocycles. The van der Waals surface area contributed by atoms with Crippen LogP contribution in [0.25, 0.3) is 0 Å². The maximum Gasteiger partial charge on any atom is 0.129 e. The number of rotatable bonds is 1. The summed E-state index contributed by atoms with van der Waals surface area (Å²) < 4.78 is 1.30. The van der Waals surface area contributed by atoms with Gasteiger partial charge in [-0.2, -0.15) is 0 Å². The van der Waals surface area contributed by atoms with Crippen molar-refractivity contribution in [2.24, 2.45) is 0 Å². The molecular weight excluding hydrogens is 301 g/mol. The molecule has 0 spiro atoms. The number of nitrogens with zero attached hydrogens (tertiary/aromatic N) is 3. The van der Waals surface area contributed by atoms with Gasteiger partial charge in [0.25, 0.3) is 0 Å². The van der Waals surface area contributed by atoms with Crippen LogP contribution in [0.3, 0.4) is 0 Å². The minimum atomic E-state index is 1.09. The molecule has 0 radical (unpaired) electrons. The Morgan fingerprint density at radius 1 is 1.27 bits per heavy atom. The van der Waals surface area contributed by atoms with E-state index in [0.29, 0.717) is 0 Å². The molecule has 1 aliphatic heterocycles. The van der Waals surface area contributed by atoms with E-state index in [4.69, 9.17) is 0 Å². The fourth-order valence-corrected chi connectivity index (χ4v) is 2.12. The smallest absolute Gasteiger partial charge is 0.129 e. The maximum absolute atomic E-state index is 4.49. The Kier molecular flexibility index (Phi) is 3.45. The molecule has 0 amide bonds. The molecule has 0 atom stereocenters. The molecule has 15 heavy (non-hydrogen) atoms. The highest BCUT2D eigenvalue weighted by Crippen LogP contribution is 2.18. The van der Waals surface area contributed by atoms with Crippen LogP contribution in [-0.4, -0.2) is 43.1 Å². The first kappa shape index (κ1) is 11.1. The van der Waals surface area contributed by atoms with Crippen LogP contribution in [0.1, 0.15) is 5.56 Å². The van der Waals surface area contributed by atoms with Crippen molar-refractivity contribution in [3.8, 4) is 0 Å². The van der Waals surface area contributed by atoms with E-state index >= 15 is 0 Å². The third-order valence-corrected chi connectivity index (χ3v) is 4.01. The van der Waals surface area contributed by atoms with Crippen LogP contribution in [0.2, 0.25) is 0 Å². The third-order valence-electron chi connectivity index (χ3n) is 2.85. The monoisotopic (exact) mass is 317 g/mol. The van der Waals surface area contributed by atoms with Gasteiger partial charge in [0.05, 0.1) is 0 Å². The molecule has 0 saturated carbocycles. The number of pyridine rings is 1. The number of aromatic nitrogens is 1. The number of hydrogen-bond donors (Lipinski definition) is 0. The number of aryl methyl sites for hydroxylation is 1. The lowest BCUT2D eigenvalue weighted by Crippen LogP contribution is -2.44. The summed E-state index contributed by atoms with van der Waals surface area (Å²) in [6, 6.07) is 2.18. The quantitative estimate of drug-likeness (QED) is 0.736. The second kappa shape index (κ2) is 4.65. The minimum absolute atomic E-state index is 1.09. The zero-order chi connectivity index (χ0) is 10.8. The summed E-state index contributed by atoms with van der Waals surface area (Å²) in [5.41, 5.74) is 1.26. The third kappa shape index (κ3) is 2.60. The molecule has 0 N–H and O–H groups in total. The Morgan fingerprint density at radius 3 is 2.53 bits per heavy atom. The van der Waals surface area contributed by atoms with Crippen LogP contribution in [0.4, 0.5) is 5.82 Å². The predicted molar refractivity (Wildman–Crippen MR) is 71.4 cm³/mol. The fourth-order valence-electron chi connectivity index (χ4n) is 1.70. The second-order valence-corrected chi connectivity index (χ2v) is 5.24. The fraction of sp³-hybridized carbons (Fsp3) is 0.545. The predicted octanol–water partition coefficient (Wildman–Crippen LogP) is 1.75. The molecule has 0 unspecified atom stereocenters. The van der Waals surface area contributed by atoms with Gasteiger partial charge in [-0.25, -0.2) is 4.98 Å². The molecule has 2 rings (SSSR count). The zero-order valence-electron chi connectivity index (χ0n) is 9.20.